The largest absolute Gasteiger partial charge is 0.505 e. The van der Waals surface area contributed by atoms with E-state index in [9.17, 15) is 82.9 Å². The summed E-state index contributed by atoms with van der Waals surface area (Å²) in [6.45, 7) is 0. The van der Waals surface area contributed by atoms with Crippen LogP contribution in [0.15, 0.2) is 110 Å². The number of nitrogens with two attached hydrogens (primary N) is 1. The van der Waals surface area contributed by atoms with Crippen LogP contribution in [-0.2, 0) is 60.7 Å². The van der Waals surface area contributed by atoms with Crippen molar-refractivity contribution in [3.05, 3.63) is 60.7 Å². The van der Waals surface area contributed by atoms with Crippen molar-refractivity contribution >= 4 is 111 Å². The van der Waals surface area contributed by atoms with Gasteiger partial charge in [0.2, 0.25) is 0 Å². The third-order valence-corrected chi connectivity index (χ3v) is 12.8. The molecule has 0 aliphatic carbocycles. The molecule has 5 aromatic rings. The molecule has 30 heteroatoms. The minimum absolute atomic E-state index is 0.299. The van der Waals surface area contributed by atoms with E-state index in [1.165, 1.54) is 0 Å². The average molecular weight is 898 g/mol. The molecule has 0 heterocycles. The monoisotopic (exact) mass is 897 g/mol. The molecule has 5 aromatic carbocycles. The molecular formula is C26H19N5O19S6. The maximum atomic E-state index is 12.5. The third kappa shape index (κ3) is 8.20. The number of hydrogen-bond donors (Lipinski definition) is 8. The first-order valence-corrected chi connectivity index (χ1v) is 22.6. The van der Waals surface area contributed by atoms with Gasteiger partial charge in [0.15, 0.2) is 5.75 Å². The van der Waals surface area contributed by atoms with Crippen LogP contribution in [0.3, 0.4) is 0 Å². The predicted molar refractivity (Wildman–Crippen MR) is 188 cm³/mol. The van der Waals surface area contributed by atoms with Crippen molar-refractivity contribution in [3.8, 4) is 5.75 Å². The molecule has 0 aliphatic heterocycles. The molecule has 24 nitrogen and oxygen atoms in total. The first-order valence-electron chi connectivity index (χ1n) is 13.9. The number of aromatic hydroxyl groups is 1. The van der Waals surface area contributed by atoms with Gasteiger partial charge in [-0.25, -0.2) is 0 Å². The van der Waals surface area contributed by atoms with Crippen molar-refractivity contribution in [1.29, 1.82) is 0 Å². The maximum absolute atomic E-state index is 12.5. The van der Waals surface area contributed by atoms with E-state index in [4.69, 9.17) is 5.73 Å². The summed E-state index contributed by atoms with van der Waals surface area (Å²) in [7, 11) is -31.7. The molecule has 0 aromatic heterocycles. The van der Waals surface area contributed by atoms with Crippen LogP contribution in [-0.4, -0.2) is 82.9 Å². The third-order valence-electron chi connectivity index (χ3n) is 7.39. The van der Waals surface area contributed by atoms with Crippen molar-refractivity contribution < 1.29 is 82.9 Å². The molecule has 0 atom stereocenters. The molecule has 0 amide bonds. The summed E-state index contributed by atoms with van der Waals surface area (Å²) in [6, 6.07) is 6.53. The number of phenols is 1. The van der Waals surface area contributed by atoms with Gasteiger partial charge in [0.05, 0.1) is 16.0 Å². The van der Waals surface area contributed by atoms with Crippen molar-refractivity contribution in [2.45, 2.75) is 29.4 Å². The van der Waals surface area contributed by atoms with Crippen LogP contribution in [0, 0.1) is 0 Å². The lowest BCUT2D eigenvalue weighted by molar-refractivity contribution is 0.471. The van der Waals surface area contributed by atoms with Gasteiger partial charge < -0.3 is 10.8 Å². The Morgan fingerprint density at radius 3 is 1.54 bits per heavy atom. The Balaban J connectivity index is 1.85. The number of rotatable bonds is 10. The van der Waals surface area contributed by atoms with Crippen molar-refractivity contribution in [1.82, 2.24) is 0 Å². The minimum Gasteiger partial charge on any atom is -0.505 e. The zero-order valence-corrected chi connectivity index (χ0v) is 31.5. The van der Waals surface area contributed by atoms with Gasteiger partial charge in [-0.15, -0.1) is 20.5 Å². The molecule has 0 bridgehead atoms. The summed E-state index contributed by atoms with van der Waals surface area (Å²) < 4.78 is 204. The van der Waals surface area contributed by atoms with Crippen LogP contribution < -0.4 is 5.73 Å². The molecule has 0 aliphatic rings. The van der Waals surface area contributed by atoms with E-state index in [1.807, 2.05) is 0 Å². The van der Waals surface area contributed by atoms with Crippen LogP contribution in [0.25, 0.3) is 21.5 Å². The van der Waals surface area contributed by atoms with E-state index >= 15 is 0 Å². The SMILES string of the molecule is Nc1c(N=Nc2cc(S(=O)(=O)O)ccc2S(=O)(=O)O)cc(S(=O)(=O)O)c2cc(S(=O)(=O)O)c(N=Nc3ccc4c(S(=O)(=O)O)cccc4c3S(=O)(=O)O)c(O)c12. The Morgan fingerprint density at radius 2 is 1.00 bits per heavy atom. The lowest BCUT2D eigenvalue weighted by atomic mass is 10.0. The zero-order valence-electron chi connectivity index (χ0n) is 26.6. The number of anilines is 1. The van der Waals surface area contributed by atoms with E-state index in [2.05, 4.69) is 20.5 Å². The summed E-state index contributed by atoms with van der Waals surface area (Å²) in [6.07, 6.45) is 0. The van der Waals surface area contributed by atoms with Crippen LogP contribution in [0.2, 0.25) is 0 Å². The van der Waals surface area contributed by atoms with Gasteiger partial charge >= 0.3 is 0 Å². The van der Waals surface area contributed by atoms with Crippen LogP contribution >= 0.6 is 0 Å². The molecule has 0 fully saturated rings. The van der Waals surface area contributed by atoms with Gasteiger partial charge in [-0.05, 0) is 42.5 Å². The molecule has 0 radical (unpaired) electrons. The van der Waals surface area contributed by atoms with Gasteiger partial charge in [-0.1, -0.05) is 18.2 Å². The quantitative estimate of drug-likeness (QED) is 0.0564. The highest BCUT2D eigenvalue weighted by Gasteiger charge is 2.30. The predicted octanol–water partition coefficient (Wildman–Crippen LogP) is 3.59. The van der Waals surface area contributed by atoms with Crippen molar-refractivity contribution in [2.24, 2.45) is 20.5 Å². The second kappa shape index (κ2) is 13.8. The first-order chi connectivity index (χ1) is 25.4. The van der Waals surface area contributed by atoms with E-state index in [-0.39, 0.29) is 0 Å². The number of benzene rings is 5. The van der Waals surface area contributed by atoms with E-state index in [0.717, 1.165) is 30.3 Å². The topological polar surface area (TPSA) is 422 Å². The average Bonchev–Trinajstić information content (AvgIpc) is 3.03. The summed E-state index contributed by atoms with van der Waals surface area (Å²) in [5.74, 6) is -1.49. The van der Waals surface area contributed by atoms with Crippen molar-refractivity contribution in [3.63, 3.8) is 0 Å². The Bertz CT molecular complexity index is 3310. The highest BCUT2D eigenvalue weighted by Crippen LogP contribution is 2.49. The van der Waals surface area contributed by atoms with Gasteiger partial charge in [0.25, 0.3) is 60.7 Å². The van der Waals surface area contributed by atoms with Gasteiger partial charge in [0, 0.05) is 16.2 Å². The number of fused-ring (bicyclic) bond motifs is 2. The second-order valence-corrected chi connectivity index (χ2v) is 19.3. The second-order valence-electron chi connectivity index (χ2n) is 10.9. The maximum Gasteiger partial charge on any atom is 0.297 e. The Hall–Kier alpha value is -5.12. The van der Waals surface area contributed by atoms with Gasteiger partial charge in [-0.3, -0.25) is 27.3 Å². The Labute approximate surface area is 314 Å². The number of hydrogen-bond acceptors (Lipinski definition) is 18. The van der Waals surface area contributed by atoms with E-state index in [1.54, 1.807) is 0 Å². The Morgan fingerprint density at radius 1 is 0.446 bits per heavy atom. The number of nitrogens with zero attached hydrogens (tertiary/aromatic N) is 4. The molecule has 0 spiro atoms. The molecule has 0 saturated heterocycles. The fraction of sp³-hybridized carbons (Fsp3) is 0. The zero-order chi connectivity index (χ0) is 42.1. The van der Waals surface area contributed by atoms with Crippen LogP contribution in [0.4, 0.5) is 28.4 Å². The van der Waals surface area contributed by atoms with Crippen molar-refractivity contribution in [2.75, 3.05) is 5.73 Å². The molecule has 5 rings (SSSR count). The van der Waals surface area contributed by atoms with Gasteiger partial charge in [-0.2, -0.15) is 50.5 Å². The molecule has 298 valence electrons. The van der Waals surface area contributed by atoms with Crippen LogP contribution in [0.5, 0.6) is 5.75 Å². The summed E-state index contributed by atoms with van der Waals surface area (Å²) in [5.41, 5.74) is 1.05. The number of nitrogen functional groups attached to an aromatic ring is 1. The lowest BCUT2D eigenvalue weighted by Gasteiger charge is -2.14. The number of azo groups is 2. The molecule has 0 unspecified atom stereocenters. The Kier molecular flexibility index (Phi) is 10.4. The molecule has 56 heavy (non-hydrogen) atoms. The fourth-order valence-electron chi connectivity index (χ4n) is 5.13. The van der Waals surface area contributed by atoms with E-state index < -0.39 is 146 Å². The van der Waals surface area contributed by atoms with E-state index in [0.29, 0.717) is 30.3 Å². The summed E-state index contributed by atoms with van der Waals surface area (Å²) in [5, 5.41) is 22.3. The normalized spacial score (nSPS) is 13.7. The standard InChI is InChI=1S/C26H19N5O19S6/c27-23-17(30-29-16-8-11(51(33,34)35)4-7-19(16)53(39,40)41)10-20(54(42,43)44)14-9-21(55(45,46)47)24(25(32)22(14)23)31-28-15-6-5-12-13(26(15)56(48,49)50)2-1-3-18(12)52(36,37)38/h1-10,32H,27H2,(H,33,34,35)(H,36,37,38)(H,39,40,41)(H,42,43,44)(H,45,46,47)(H,48,49,50). The smallest absolute Gasteiger partial charge is 0.297 e. The molecule has 0 saturated carbocycles. The molecular weight excluding hydrogens is 879 g/mol. The number of phenolic OH excluding ortho intramolecular Hbond substituents is 1. The van der Waals surface area contributed by atoms with Crippen LogP contribution in [0.1, 0.15) is 0 Å². The highest BCUT2D eigenvalue weighted by molar-refractivity contribution is 7.87. The first kappa shape index (κ1) is 42.0. The lowest BCUT2D eigenvalue weighted by Crippen LogP contribution is -2.04. The minimum atomic E-state index is -5.60. The summed E-state index contributed by atoms with van der Waals surface area (Å²) >= 11 is 0. The highest BCUT2D eigenvalue weighted by atomic mass is 32.2. The van der Waals surface area contributed by atoms with Gasteiger partial charge in [0.1, 0.15) is 47.2 Å². The molecule has 9 N–H and O–H groups in total. The summed E-state index contributed by atoms with van der Waals surface area (Å²) in [4.78, 5) is -6.86. The fourth-order valence-corrected chi connectivity index (χ4v) is 9.12.